The largest absolute Gasteiger partial charge is 0.497 e. The summed E-state index contributed by atoms with van der Waals surface area (Å²) in [7, 11) is -2.67. The molecule has 224 valence electrons. The summed E-state index contributed by atoms with van der Waals surface area (Å²) in [6.07, 6.45) is 3.29. The summed E-state index contributed by atoms with van der Waals surface area (Å²) in [5.74, 6) is -0.581. The zero-order valence-corrected chi connectivity index (χ0v) is 25.4. The molecule has 3 N–H and O–H groups in total. The van der Waals surface area contributed by atoms with Gasteiger partial charge in [0.25, 0.3) is 0 Å². The van der Waals surface area contributed by atoms with Gasteiger partial charge in [0, 0.05) is 43.6 Å². The molecule has 0 radical (unpaired) electrons. The number of carbonyl (C=O) groups excluding carboxylic acids is 1. The second kappa shape index (κ2) is 12.6. The minimum absolute atomic E-state index is 0.00832. The summed E-state index contributed by atoms with van der Waals surface area (Å²) in [6.45, 7) is 2.26. The lowest BCUT2D eigenvalue weighted by molar-refractivity contribution is -0.125. The number of methoxy groups -OCH3 is 1. The molecule has 1 aromatic heterocycles. The van der Waals surface area contributed by atoms with Crippen LogP contribution < -0.4 is 15.4 Å². The van der Waals surface area contributed by atoms with E-state index < -0.39 is 40.4 Å². The lowest BCUT2D eigenvalue weighted by atomic mass is 10.1. The van der Waals surface area contributed by atoms with Crippen LogP contribution in [0.15, 0.2) is 52.0 Å². The lowest BCUT2D eigenvalue weighted by Gasteiger charge is -2.25. The van der Waals surface area contributed by atoms with Crippen molar-refractivity contribution in [3.8, 4) is 17.0 Å². The molecule has 1 fully saturated rings. The van der Waals surface area contributed by atoms with E-state index in [4.69, 9.17) is 9.47 Å². The number of aliphatic hydroxyl groups is 1. The normalized spacial score (nSPS) is 18.2. The van der Waals surface area contributed by atoms with Crippen LogP contribution >= 0.6 is 15.9 Å². The van der Waals surface area contributed by atoms with Crippen molar-refractivity contribution in [3.63, 3.8) is 0 Å². The number of aliphatic hydroxyl groups excluding tert-OH is 1. The van der Waals surface area contributed by atoms with Gasteiger partial charge in [-0.05, 0) is 65.0 Å². The number of sulfonamides is 1. The van der Waals surface area contributed by atoms with Gasteiger partial charge in [0.15, 0.2) is 0 Å². The Labute approximate surface area is 251 Å². The Morgan fingerprint density at radius 1 is 1.26 bits per heavy atom. The molecule has 11 nitrogen and oxygen atoms in total. The zero-order valence-electron chi connectivity index (χ0n) is 23.0. The maximum absolute atomic E-state index is 14.0. The van der Waals surface area contributed by atoms with Crippen LogP contribution in [0.1, 0.15) is 36.9 Å². The minimum Gasteiger partial charge on any atom is -0.497 e. The SMILES string of the molecule is COc1cc(F)cc(C(CO)NC(=O)C(C)N2Cc3ccc(-c4nc(NC5CCOCC5)ncc4Br)cc3S2(=O)=O)c1. The summed E-state index contributed by atoms with van der Waals surface area (Å²) < 4.78 is 53.5. The number of ether oxygens (including phenoxy) is 2. The average Bonchev–Trinajstić information content (AvgIpc) is 3.25. The molecule has 3 heterocycles. The topological polar surface area (TPSA) is 143 Å². The van der Waals surface area contributed by atoms with Crippen molar-refractivity contribution in [1.82, 2.24) is 19.6 Å². The maximum atomic E-state index is 14.0. The highest BCUT2D eigenvalue weighted by molar-refractivity contribution is 9.10. The van der Waals surface area contributed by atoms with Crippen molar-refractivity contribution < 1.29 is 32.2 Å². The van der Waals surface area contributed by atoms with Crippen LogP contribution in [0.3, 0.4) is 0 Å². The number of anilines is 1. The summed E-state index contributed by atoms with van der Waals surface area (Å²) >= 11 is 3.48. The molecule has 14 heteroatoms. The molecule has 0 spiro atoms. The number of halogens is 2. The van der Waals surface area contributed by atoms with E-state index in [0.29, 0.717) is 40.5 Å². The van der Waals surface area contributed by atoms with Crippen LogP contribution in [-0.4, -0.2) is 72.7 Å². The molecular formula is C28H31BrFN5O6S. The van der Waals surface area contributed by atoms with Crippen LogP contribution in [0.25, 0.3) is 11.3 Å². The van der Waals surface area contributed by atoms with Crippen molar-refractivity contribution >= 4 is 37.8 Å². The first-order valence-electron chi connectivity index (χ1n) is 13.4. The van der Waals surface area contributed by atoms with E-state index >= 15 is 0 Å². The van der Waals surface area contributed by atoms with E-state index in [-0.39, 0.29) is 28.8 Å². The Morgan fingerprint density at radius 3 is 2.74 bits per heavy atom. The third-order valence-electron chi connectivity index (χ3n) is 7.39. The van der Waals surface area contributed by atoms with Crippen molar-refractivity contribution in [3.05, 3.63) is 64.0 Å². The first kappa shape index (κ1) is 30.3. The monoisotopic (exact) mass is 663 g/mol. The van der Waals surface area contributed by atoms with E-state index in [9.17, 15) is 22.7 Å². The first-order chi connectivity index (χ1) is 20.1. The number of fused-ring (bicyclic) bond motifs is 1. The quantitative estimate of drug-likeness (QED) is 0.314. The summed E-state index contributed by atoms with van der Waals surface area (Å²) in [5, 5.41) is 15.9. The predicted octanol–water partition coefficient (Wildman–Crippen LogP) is 3.39. The lowest BCUT2D eigenvalue weighted by Crippen LogP contribution is -2.46. The van der Waals surface area contributed by atoms with E-state index in [1.165, 1.54) is 32.2 Å². The molecule has 1 saturated heterocycles. The van der Waals surface area contributed by atoms with Gasteiger partial charge < -0.3 is 25.2 Å². The average molecular weight is 665 g/mol. The highest BCUT2D eigenvalue weighted by atomic mass is 79.9. The fourth-order valence-electron chi connectivity index (χ4n) is 5.02. The summed E-state index contributed by atoms with van der Waals surface area (Å²) in [5.41, 5.74) is 1.92. The van der Waals surface area contributed by atoms with Crippen molar-refractivity contribution in [2.75, 3.05) is 32.2 Å². The molecule has 3 aromatic rings. The van der Waals surface area contributed by atoms with Crippen LogP contribution in [0.2, 0.25) is 0 Å². The Balaban J connectivity index is 1.35. The van der Waals surface area contributed by atoms with Gasteiger partial charge >= 0.3 is 0 Å². The number of hydrogen-bond donors (Lipinski definition) is 3. The molecule has 5 rings (SSSR count). The number of aromatic nitrogens is 2. The van der Waals surface area contributed by atoms with E-state index in [0.717, 1.165) is 17.1 Å². The smallest absolute Gasteiger partial charge is 0.244 e. The molecule has 0 saturated carbocycles. The van der Waals surface area contributed by atoms with Crippen LogP contribution in [0, 0.1) is 5.82 Å². The molecule has 0 bridgehead atoms. The Hall–Kier alpha value is -3.17. The third kappa shape index (κ3) is 6.27. The van der Waals surface area contributed by atoms with Gasteiger partial charge in [0.05, 0.1) is 34.8 Å². The molecule has 2 aromatic carbocycles. The van der Waals surface area contributed by atoms with Gasteiger partial charge in [0.2, 0.25) is 21.9 Å². The van der Waals surface area contributed by atoms with Crippen molar-refractivity contribution in [2.45, 2.75) is 49.3 Å². The number of carbonyl (C=O) groups is 1. The second-order valence-corrected chi connectivity index (χ2v) is 12.9. The van der Waals surface area contributed by atoms with Gasteiger partial charge in [-0.15, -0.1) is 0 Å². The van der Waals surface area contributed by atoms with Gasteiger partial charge in [-0.2, -0.15) is 4.31 Å². The van der Waals surface area contributed by atoms with Crippen LogP contribution in [-0.2, 0) is 26.1 Å². The Morgan fingerprint density at radius 2 is 2.02 bits per heavy atom. The van der Waals surface area contributed by atoms with Crippen LogP contribution in [0.5, 0.6) is 5.75 Å². The number of rotatable bonds is 9. The fourth-order valence-corrected chi connectivity index (χ4v) is 7.25. The van der Waals surface area contributed by atoms with Crippen LogP contribution in [0.4, 0.5) is 10.3 Å². The molecule has 2 aliphatic heterocycles. The molecule has 1 amide bonds. The molecule has 2 atom stereocenters. The predicted molar refractivity (Wildman–Crippen MR) is 156 cm³/mol. The molecule has 0 aliphatic carbocycles. The Bertz CT molecular complexity index is 1590. The standard InChI is InChI=1S/C28H31BrFN5O6S/c1-16(27(37)33-24(15-36)19-9-20(30)12-22(10-19)40-2)35-14-18-4-3-17(11-25(18)42(35,38)39)26-23(29)13-31-28(34-26)32-21-5-7-41-8-6-21/h3-4,9-13,16,21,24,36H,5-8,14-15H2,1-2H3,(H,33,37)(H,31,32,34). The van der Waals surface area contributed by atoms with Gasteiger partial charge in [-0.25, -0.2) is 22.8 Å². The van der Waals surface area contributed by atoms with Gasteiger partial charge in [-0.3, -0.25) is 4.79 Å². The highest BCUT2D eigenvalue weighted by Crippen LogP contribution is 2.37. The number of hydrogen-bond acceptors (Lipinski definition) is 9. The van der Waals surface area contributed by atoms with Gasteiger partial charge in [-0.1, -0.05) is 12.1 Å². The fraction of sp³-hybridized carbons (Fsp3) is 0.393. The number of nitrogens with one attached hydrogen (secondary N) is 2. The number of nitrogens with zero attached hydrogens (tertiary/aromatic N) is 3. The zero-order chi connectivity index (χ0) is 30.0. The van der Waals surface area contributed by atoms with Crippen molar-refractivity contribution in [1.29, 1.82) is 0 Å². The minimum atomic E-state index is -4.05. The first-order valence-corrected chi connectivity index (χ1v) is 15.6. The second-order valence-electron chi connectivity index (χ2n) is 10.1. The molecule has 2 aliphatic rings. The summed E-state index contributed by atoms with van der Waals surface area (Å²) in [4.78, 5) is 22.3. The van der Waals surface area contributed by atoms with E-state index in [1.54, 1.807) is 24.4 Å². The van der Waals surface area contributed by atoms with Gasteiger partial charge in [0.1, 0.15) is 17.6 Å². The van der Waals surface area contributed by atoms with Crippen molar-refractivity contribution in [2.24, 2.45) is 0 Å². The molecule has 42 heavy (non-hydrogen) atoms. The Kier molecular flexibility index (Phi) is 9.08. The number of benzene rings is 2. The maximum Gasteiger partial charge on any atom is 0.244 e. The number of amides is 1. The molecule has 2 unspecified atom stereocenters. The van der Waals surface area contributed by atoms with E-state index in [2.05, 4.69) is 36.5 Å². The molecular weight excluding hydrogens is 633 g/mol. The summed E-state index contributed by atoms with van der Waals surface area (Å²) in [6, 6.07) is 6.99. The third-order valence-corrected chi connectivity index (χ3v) is 9.97. The van der Waals surface area contributed by atoms with E-state index in [1.807, 2.05) is 0 Å². The highest BCUT2D eigenvalue weighted by Gasteiger charge is 2.41.